The first-order valence-electron chi connectivity index (χ1n) is 5.94. The number of carbonyl (C=O) groups excluding carboxylic acids is 1. The monoisotopic (exact) mass is 238 g/mol. The summed E-state index contributed by atoms with van der Waals surface area (Å²) in [6.45, 7) is 6.70. The third-order valence-corrected chi connectivity index (χ3v) is 2.58. The van der Waals surface area contributed by atoms with Gasteiger partial charge in [-0.3, -0.25) is 9.69 Å². The van der Waals surface area contributed by atoms with Gasteiger partial charge in [0, 0.05) is 19.5 Å². The smallest absolute Gasteiger partial charge is 0.240 e. The van der Waals surface area contributed by atoms with Crippen LogP contribution >= 0.6 is 0 Å². The molecule has 0 aliphatic carbocycles. The third kappa shape index (κ3) is 3.52. The van der Waals surface area contributed by atoms with Crippen molar-refractivity contribution < 1.29 is 9.32 Å². The number of piperazine rings is 1. The maximum atomic E-state index is 11.2. The molecule has 94 valence electrons. The topological polar surface area (TPSA) is 71.3 Å². The van der Waals surface area contributed by atoms with Crippen molar-refractivity contribution in [3.05, 3.63) is 11.7 Å². The van der Waals surface area contributed by atoms with E-state index in [1.54, 1.807) is 0 Å². The molecular formula is C11H18N4O2. The fraction of sp³-hybridized carbons (Fsp3) is 0.727. The Balaban J connectivity index is 1.89. The molecule has 0 aromatic carbocycles. The van der Waals surface area contributed by atoms with Gasteiger partial charge in [0.15, 0.2) is 5.82 Å². The molecule has 2 heterocycles. The minimum atomic E-state index is 0.0539. The highest BCUT2D eigenvalue weighted by molar-refractivity contribution is 5.78. The van der Waals surface area contributed by atoms with Crippen LogP contribution in [-0.4, -0.2) is 40.6 Å². The van der Waals surface area contributed by atoms with Crippen LogP contribution in [0.25, 0.3) is 0 Å². The molecule has 0 unspecified atom stereocenters. The van der Waals surface area contributed by atoms with Crippen LogP contribution in [-0.2, 0) is 17.8 Å². The molecule has 1 fully saturated rings. The van der Waals surface area contributed by atoms with E-state index in [2.05, 4.69) is 29.3 Å². The lowest BCUT2D eigenvalue weighted by Gasteiger charge is -2.24. The predicted octanol–water partition coefficient (Wildman–Crippen LogP) is 0.200. The quantitative estimate of drug-likeness (QED) is 0.811. The lowest BCUT2D eigenvalue weighted by Crippen LogP contribution is -2.47. The number of nitrogens with zero attached hydrogens (tertiary/aromatic N) is 3. The Morgan fingerprint density at radius 1 is 1.53 bits per heavy atom. The van der Waals surface area contributed by atoms with Gasteiger partial charge in [-0.25, -0.2) is 0 Å². The summed E-state index contributed by atoms with van der Waals surface area (Å²) in [7, 11) is 0. The van der Waals surface area contributed by atoms with Gasteiger partial charge in [-0.2, -0.15) is 4.98 Å². The summed E-state index contributed by atoms with van der Waals surface area (Å²) in [5, 5.41) is 6.71. The summed E-state index contributed by atoms with van der Waals surface area (Å²) in [5.41, 5.74) is 0. The van der Waals surface area contributed by atoms with E-state index in [-0.39, 0.29) is 5.91 Å². The molecule has 1 aromatic heterocycles. The Bertz CT molecular complexity index is 389. The van der Waals surface area contributed by atoms with Gasteiger partial charge in [-0.15, -0.1) is 0 Å². The molecule has 0 spiro atoms. The fourth-order valence-electron chi connectivity index (χ4n) is 1.82. The molecule has 0 saturated carbocycles. The lowest BCUT2D eigenvalue weighted by atomic mass is 10.1. The first-order chi connectivity index (χ1) is 8.13. The Hall–Kier alpha value is -1.43. The van der Waals surface area contributed by atoms with Gasteiger partial charge in [0.25, 0.3) is 0 Å². The van der Waals surface area contributed by atoms with Gasteiger partial charge in [-0.05, 0) is 5.92 Å². The Morgan fingerprint density at radius 2 is 2.35 bits per heavy atom. The van der Waals surface area contributed by atoms with E-state index in [0.717, 1.165) is 18.8 Å². The number of hydrogen-bond acceptors (Lipinski definition) is 5. The van der Waals surface area contributed by atoms with Gasteiger partial charge in [-0.1, -0.05) is 19.0 Å². The van der Waals surface area contributed by atoms with Gasteiger partial charge in [0.2, 0.25) is 11.8 Å². The second kappa shape index (κ2) is 5.27. The van der Waals surface area contributed by atoms with Crippen LogP contribution in [0.5, 0.6) is 0 Å². The molecule has 1 aliphatic heterocycles. The van der Waals surface area contributed by atoms with Gasteiger partial charge in [0.05, 0.1) is 13.1 Å². The first-order valence-corrected chi connectivity index (χ1v) is 5.94. The van der Waals surface area contributed by atoms with Crippen molar-refractivity contribution in [2.24, 2.45) is 5.92 Å². The minimum absolute atomic E-state index is 0.0539. The van der Waals surface area contributed by atoms with E-state index in [1.807, 2.05) is 4.90 Å². The number of hydrogen-bond donors (Lipinski definition) is 1. The lowest BCUT2D eigenvalue weighted by molar-refractivity contribution is -0.124. The van der Waals surface area contributed by atoms with E-state index in [9.17, 15) is 4.79 Å². The number of aromatic nitrogens is 2. The van der Waals surface area contributed by atoms with E-state index in [1.165, 1.54) is 0 Å². The number of carbonyl (C=O) groups is 1. The highest BCUT2D eigenvalue weighted by Gasteiger charge is 2.18. The number of rotatable bonds is 4. The van der Waals surface area contributed by atoms with Crippen LogP contribution in [0.3, 0.4) is 0 Å². The fourth-order valence-corrected chi connectivity index (χ4v) is 1.82. The van der Waals surface area contributed by atoms with Crippen LogP contribution in [0.15, 0.2) is 4.52 Å². The van der Waals surface area contributed by atoms with Crippen molar-refractivity contribution in [3.8, 4) is 0 Å². The molecular weight excluding hydrogens is 220 g/mol. The third-order valence-electron chi connectivity index (χ3n) is 2.58. The number of nitrogens with one attached hydrogen (secondary N) is 1. The zero-order valence-corrected chi connectivity index (χ0v) is 10.3. The van der Waals surface area contributed by atoms with Gasteiger partial charge >= 0.3 is 0 Å². The zero-order chi connectivity index (χ0) is 12.3. The maximum absolute atomic E-state index is 11.2. The highest BCUT2D eigenvalue weighted by atomic mass is 16.5. The van der Waals surface area contributed by atoms with Crippen LogP contribution in [0.1, 0.15) is 25.6 Å². The van der Waals surface area contributed by atoms with Crippen molar-refractivity contribution in [1.82, 2.24) is 20.4 Å². The van der Waals surface area contributed by atoms with Gasteiger partial charge in [0.1, 0.15) is 0 Å². The summed E-state index contributed by atoms with van der Waals surface area (Å²) in [6, 6.07) is 0. The molecule has 6 heteroatoms. The molecule has 1 amide bonds. The molecule has 17 heavy (non-hydrogen) atoms. The molecule has 1 aromatic rings. The molecule has 1 saturated heterocycles. The van der Waals surface area contributed by atoms with E-state index < -0.39 is 0 Å². The molecule has 0 radical (unpaired) electrons. The van der Waals surface area contributed by atoms with Crippen molar-refractivity contribution in [2.75, 3.05) is 19.6 Å². The molecule has 1 N–H and O–H groups in total. The van der Waals surface area contributed by atoms with Crippen molar-refractivity contribution in [3.63, 3.8) is 0 Å². The summed E-state index contributed by atoms with van der Waals surface area (Å²) < 4.78 is 5.17. The van der Waals surface area contributed by atoms with Crippen LogP contribution < -0.4 is 5.32 Å². The molecule has 2 rings (SSSR count). The molecule has 1 aliphatic rings. The van der Waals surface area contributed by atoms with Crippen molar-refractivity contribution in [2.45, 2.75) is 26.8 Å². The molecule has 6 nitrogen and oxygen atoms in total. The van der Waals surface area contributed by atoms with E-state index in [4.69, 9.17) is 4.52 Å². The summed E-state index contributed by atoms with van der Waals surface area (Å²) in [5.74, 6) is 1.91. The minimum Gasteiger partial charge on any atom is -0.354 e. The maximum Gasteiger partial charge on any atom is 0.240 e. The normalized spacial score (nSPS) is 17.5. The highest BCUT2D eigenvalue weighted by Crippen LogP contribution is 2.07. The van der Waals surface area contributed by atoms with Crippen LogP contribution in [0.2, 0.25) is 0 Å². The predicted molar refractivity (Wildman–Crippen MR) is 61.1 cm³/mol. The van der Waals surface area contributed by atoms with Gasteiger partial charge < -0.3 is 9.84 Å². The Labute approximate surface area is 100 Å². The standard InChI is InChI=1S/C11H18N4O2/c1-8(2)5-9-13-11(17-14-9)7-15-4-3-12-10(16)6-15/h8H,3-7H2,1-2H3,(H,12,16). The van der Waals surface area contributed by atoms with Crippen LogP contribution in [0.4, 0.5) is 0 Å². The number of amides is 1. The van der Waals surface area contributed by atoms with E-state index >= 15 is 0 Å². The second-order valence-electron chi connectivity index (χ2n) is 4.76. The summed E-state index contributed by atoms with van der Waals surface area (Å²) >= 11 is 0. The Morgan fingerprint density at radius 3 is 3.06 bits per heavy atom. The largest absolute Gasteiger partial charge is 0.354 e. The van der Waals surface area contributed by atoms with Crippen molar-refractivity contribution >= 4 is 5.91 Å². The summed E-state index contributed by atoms with van der Waals surface area (Å²) in [6.07, 6.45) is 0.823. The van der Waals surface area contributed by atoms with Crippen molar-refractivity contribution in [1.29, 1.82) is 0 Å². The van der Waals surface area contributed by atoms with E-state index in [0.29, 0.717) is 31.4 Å². The second-order valence-corrected chi connectivity index (χ2v) is 4.76. The molecule has 0 atom stereocenters. The first kappa shape index (κ1) is 12.0. The van der Waals surface area contributed by atoms with Crippen LogP contribution in [0, 0.1) is 5.92 Å². The molecule has 0 bridgehead atoms. The SMILES string of the molecule is CC(C)Cc1noc(CN2CCNC(=O)C2)n1. The zero-order valence-electron chi connectivity index (χ0n) is 10.3. The average molecular weight is 238 g/mol. The Kier molecular flexibility index (Phi) is 3.73. The summed E-state index contributed by atoms with van der Waals surface area (Å²) in [4.78, 5) is 17.5. The average Bonchev–Trinajstić information content (AvgIpc) is 2.64.